The second kappa shape index (κ2) is 7.71. The topological polar surface area (TPSA) is 83.0 Å². The Morgan fingerprint density at radius 2 is 1.81 bits per heavy atom. The maximum absolute atomic E-state index is 13.3. The Morgan fingerprint density at radius 1 is 0.969 bits per heavy atom. The van der Waals surface area contributed by atoms with E-state index in [0.29, 0.717) is 28.9 Å². The summed E-state index contributed by atoms with van der Waals surface area (Å²) in [5.74, 6) is -1.05. The highest BCUT2D eigenvalue weighted by Gasteiger charge is 2.31. The van der Waals surface area contributed by atoms with Gasteiger partial charge in [0.1, 0.15) is 0 Å². The molecular weight excluding hydrogens is 414 g/mol. The third-order valence-electron chi connectivity index (χ3n) is 5.29. The van der Waals surface area contributed by atoms with Crippen LogP contribution >= 0.6 is 0 Å². The number of halogens is 2. The third-order valence-corrected chi connectivity index (χ3v) is 5.29. The number of amides is 1. The van der Waals surface area contributed by atoms with Gasteiger partial charge in [-0.05, 0) is 41.5 Å². The summed E-state index contributed by atoms with van der Waals surface area (Å²) < 4.78 is 30.5. The van der Waals surface area contributed by atoms with Crippen molar-refractivity contribution < 1.29 is 18.0 Å². The van der Waals surface area contributed by atoms with Crippen molar-refractivity contribution in [2.24, 2.45) is 0 Å². The molecule has 0 atom stereocenters. The molecule has 0 aliphatic carbocycles. The maximum atomic E-state index is 13.3. The number of hydrogen-bond donors (Lipinski definition) is 0. The van der Waals surface area contributed by atoms with Gasteiger partial charge in [-0.2, -0.15) is 14.0 Å². The van der Waals surface area contributed by atoms with Crippen LogP contribution in [0.5, 0.6) is 0 Å². The van der Waals surface area contributed by atoms with E-state index in [1.54, 1.807) is 41.3 Å². The monoisotopic (exact) mass is 428 g/mol. The van der Waals surface area contributed by atoms with Crippen LogP contribution in [-0.4, -0.2) is 16.1 Å². The van der Waals surface area contributed by atoms with Crippen LogP contribution in [0.2, 0.25) is 0 Å². The van der Waals surface area contributed by atoms with Gasteiger partial charge in [-0.3, -0.25) is 4.79 Å². The molecule has 6 nitrogen and oxygen atoms in total. The Hall–Kier alpha value is -4.38. The Kier molecular flexibility index (Phi) is 4.71. The minimum absolute atomic E-state index is 0.0666. The van der Waals surface area contributed by atoms with Crippen LogP contribution in [0.1, 0.15) is 33.8 Å². The number of carbonyl (C=O) groups is 1. The number of alkyl halides is 2. The summed E-state index contributed by atoms with van der Waals surface area (Å²) in [5, 5.41) is 16.2. The molecule has 32 heavy (non-hydrogen) atoms. The van der Waals surface area contributed by atoms with Gasteiger partial charge in [-0.15, -0.1) is 10.2 Å². The van der Waals surface area contributed by atoms with E-state index in [2.05, 4.69) is 16.3 Å². The SMILES string of the molecule is N#Cc1cccc(-c2ccccc2N2Cc3ccc(-c4nnc(C(F)F)o4)cc3C2=O)c1. The minimum Gasteiger partial charge on any atom is -0.415 e. The molecule has 0 radical (unpaired) electrons. The summed E-state index contributed by atoms with van der Waals surface area (Å²) in [7, 11) is 0. The summed E-state index contributed by atoms with van der Waals surface area (Å²) in [4.78, 5) is 14.9. The molecule has 2 heterocycles. The summed E-state index contributed by atoms with van der Waals surface area (Å²) in [6, 6.07) is 21.8. The van der Waals surface area contributed by atoms with Crippen LogP contribution in [0.15, 0.2) is 71.1 Å². The quantitative estimate of drug-likeness (QED) is 0.436. The number of anilines is 1. The van der Waals surface area contributed by atoms with Crippen molar-refractivity contribution in [3.05, 3.63) is 89.3 Å². The van der Waals surface area contributed by atoms with Crippen molar-refractivity contribution in [2.75, 3.05) is 4.90 Å². The molecule has 0 unspecified atom stereocenters. The zero-order chi connectivity index (χ0) is 22.2. The average molecular weight is 428 g/mol. The molecule has 0 saturated carbocycles. The van der Waals surface area contributed by atoms with Crippen LogP contribution in [0.3, 0.4) is 0 Å². The number of benzene rings is 3. The van der Waals surface area contributed by atoms with Crippen LogP contribution in [0.4, 0.5) is 14.5 Å². The fourth-order valence-corrected chi connectivity index (χ4v) is 3.78. The molecular formula is C24H14F2N4O2. The fraction of sp³-hybridized carbons (Fsp3) is 0.0833. The first-order valence-corrected chi connectivity index (χ1v) is 9.71. The maximum Gasteiger partial charge on any atom is 0.314 e. The number of hydrogen-bond acceptors (Lipinski definition) is 5. The Bertz CT molecular complexity index is 1390. The van der Waals surface area contributed by atoms with Gasteiger partial charge in [-0.25, -0.2) is 0 Å². The molecule has 0 N–H and O–H groups in total. The molecule has 1 aliphatic heterocycles. The van der Waals surface area contributed by atoms with Crippen LogP contribution in [0.25, 0.3) is 22.6 Å². The standard InChI is InChI=1S/C24H14F2N4O2/c25-21(26)23-29-28-22(32-23)16-8-9-17-13-30(24(31)19(17)11-16)20-7-2-1-6-18(20)15-5-3-4-14(10-15)12-27/h1-11,21H,13H2. The molecule has 1 aliphatic rings. The number of nitrogens with zero attached hydrogens (tertiary/aromatic N) is 4. The van der Waals surface area contributed by atoms with E-state index in [0.717, 1.165) is 16.7 Å². The van der Waals surface area contributed by atoms with Crippen molar-refractivity contribution in [2.45, 2.75) is 13.0 Å². The van der Waals surface area contributed by atoms with Gasteiger partial charge in [-0.1, -0.05) is 36.4 Å². The van der Waals surface area contributed by atoms with Crippen molar-refractivity contribution in [1.82, 2.24) is 10.2 Å². The van der Waals surface area contributed by atoms with Crippen molar-refractivity contribution in [3.63, 3.8) is 0 Å². The first-order chi connectivity index (χ1) is 15.5. The smallest absolute Gasteiger partial charge is 0.314 e. The number of para-hydroxylation sites is 1. The molecule has 0 bridgehead atoms. The predicted molar refractivity (Wildman–Crippen MR) is 112 cm³/mol. The van der Waals surface area contributed by atoms with E-state index >= 15 is 0 Å². The number of nitriles is 1. The summed E-state index contributed by atoms with van der Waals surface area (Å²) >= 11 is 0. The summed E-state index contributed by atoms with van der Waals surface area (Å²) in [6.07, 6.45) is -2.86. The largest absolute Gasteiger partial charge is 0.415 e. The van der Waals surface area contributed by atoms with Gasteiger partial charge in [0.15, 0.2) is 0 Å². The molecule has 8 heteroatoms. The Labute approximate surface area is 181 Å². The zero-order valence-electron chi connectivity index (χ0n) is 16.5. The lowest BCUT2D eigenvalue weighted by Gasteiger charge is -2.20. The first-order valence-electron chi connectivity index (χ1n) is 9.71. The Morgan fingerprint density at radius 3 is 2.59 bits per heavy atom. The lowest BCUT2D eigenvalue weighted by atomic mass is 10.0. The van der Waals surface area contributed by atoms with Gasteiger partial charge in [0.2, 0.25) is 5.89 Å². The molecule has 0 fully saturated rings. The van der Waals surface area contributed by atoms with E-state index in [-0.39, 0.29) is 11.8 Å². The van der Waals surface area contributed by atoms with E-state index in [1.807, 2.05) is 30.3 Å². The fourth-order valence-electron chi connectivity index (χ4n) is 3.78. The Balaban J connectivity index is 1.51. The van der Waals surface area contributed by atoms with E-state index in [9.17, 15) is 18.8 Å². The number of rotatable bonds is 4. The number of carbonyl (C=O) groups excluding carboxylic acids is 1. The van der Waals surface area contributed by atoms with Gasteiger partial charge in [0.25, 0.3) is 11.8 Å². The third kappa shape index (κ3) is 3.30. The second-order valence-corrected chi connectivity index (χ2v) is 7.22. The molecule has 0 spiro atoms. The molecule has 1 aromatic heterocycles. The van der Waals surface area contributed by atoms with Gasteiger partial charge in [0.05, 0.1) is 23.9 Å². The molecule has 3 aromatic carbocycles. The summed E-state index contributed by atoms with van der Waals surface area (Å²) in [5.41, 5.74) is 4.53. The van der Waals surface area contributed by atoms with Crippen LogP contribution in [0, 0.1) is 11.3 Å². The van der Waals surface area contributed by atoms with Crippen molar-refractivity contribution in [1.29, 1.82) is 5.26 Å². The predicted octanol–water partition coefficient (Wildman–Crippen LogP) is 5.37. The highest BCUT2D eigenvalue weighted by atomic mass is 19.3. The van der Waals surface area contributed by atoms with Crippen LogP contribution < -0.4 is 4.90 Å². The molecule has 1 amide bonds. The van der Waals surface area contributed by atoms with E-state index in [4.69, 9.17) is 4.42 Å². The molecule has 4 aromatic rings. The second-order valence-electron chi connectivity index (χ2n) is 7.22. The number of aromatic nitrogens is 2. The minimum atomic E-state index is -2.86. The summed E-state index contributed by atoms with van der Waals surface area (Å²) in [6.45, 7) is 0.357. The van der Waals surface area contributed by atoms with E-state index in [1.165, 1.54) is 0 Å². The number of fused-ring (bicyclic) bond motifs is 1. The van der Waals surface area contributed by atoms with Crippen molar-refractivity contribution in [3.8, 4) is 28.7 Å². The first kappa shape index (κ1) is 19.6. The average Bonchev–Trinajstić information content (AvgIpc) is 3.44. The molecule has 156 valence electrons. The van der Waals surface area contributed by atoms with Crippen molar-refractivity contribution >= 4 is 11.6 Å². The lowest BCUT2D eigenvalue weighted by molar-refractivity contribution is 0.0996. The lowest BCUT2D eigenvalue weighted by Crippen LogP contribution is -2.23. The van der Waals surface area contributed by atoms with Crippen LogP contribution in [-0.2, 0) is 6.54 Å². The highest BCUT2D eigenvalue weighted by molar-refractivity contribution is 6.12. The molecule has 0 saturated heterocycles. The normalized spacial score (nSPS) is 12.8. The zero-order valence-corrected chi connectivity index (χ0v) is 16.5. The van der Waals surface area contributed by atoms with Gasteiger partial charge < -0.3 is 9.32 Å². The highest BCUT2D eigenvalue weighted by Crippen LogP contribution is 2.37. The molecule has 5 rings (SSSR count). The van der Waals surface area contributed by atoms with E-state index < -0.39 is 12.3 Å². The van der Waals surface area contributed by atoms with Gasteiger partial charge >= 0.3 is 6.43 Å². The van der Waals surface area contributed by atoms with Gasteiger partial charge in [0, 0.05) is 16.7 Å².